The number of rotatable bonds is 6. The summed E-state index contributed by atoms with van der Waals surface area (Å²) < 4.78 is 14.8. The minimum Gasteiger partial charge on any atom is -0.416 e. The van der Waals surface area contributed by atoms with Crippen LogP contribution in [0.5, 0.6) is 0 Å². The molecule has 0 fully saturated rings. The van der Waals surface area contributed by atoms with Gasteiger partial charge in [0.15, 0.2) is 0 Å². The predicted molar refractivity (Wildman–Crippen MR) is 226 cm³/mol. The third-order valence-electron chi connectivity index (χ3n) is 10.6. The molecule has 3 heterocycles. The monoisotopic (exact) mass is 733 g/mol. The summed E-state index contributed by atoms with van der Waals surface area (Å²) >= 11 is 0. The maximum absolute atomic E-state index is 6.22. The first-order chi connectivity index (χ1) is 26.9. The number of aryl methyl sites for hydroxylation is 1. The fourth-order valence-electron chi connectivity index (χ4n) is 7.53. The number of nitrogens with zero attached hydrogens (tertiary/aromatic N) is 5. The zero-order valence-electron chi connectivity index (χ0n) is 32.8. The van der Waals surface area contributed by atoms with Crippen molar-refractivity contribution in [3.05, 3.63) is 145 Å². The number of benzene rings is 6. The van der Waals surface area contributed by atoms with E-state index < -0.39 is 0 Å². The number of hydrogen-bond acceptors (Lipinski definition) is 6. The third kappa shape index (κ3) is 6.29. The summed E-state index contributed by atoms with van der Waals surface area (Å²) in [6, 6.07) is 46.1. The van der Waals surface area contributed by atoms with E-state index in [-0.39, 0.29) is 10.8 Å². The van der Waals surface area contributed by atoms with Crippen molar-refractivity contribution in [2.45, 2.75) is 52.4 Å². The molecule has 0 N–H and O–H groups in total. The third-order valence-corrected chi connectivity index (χ3v) is 10.6. The van der Waals surface area contributed by atoms with Gasteiger partial charge in [-0.1, -0.05) is 102 Å². The molecule has 0 aliphatic heterocycles. The number of aromatic nitrogens is 5. The van der Waals surface area contributed by atoms with Gasteiger partial charge in [-0.05, 0) is 106 Å². The van der Waals surface area contributed by atoms with Crippen LogP contribution in [0.3, 0.4) is 0 Å². The second-order valence-electron chi connectivity index (χ2n) is 16.6. The van der Waals surface area contributed by atoms with Crippen LogP contribution in [0.4, 0.5) is 0 Å². The average molecular weight is 734 g/mol. The van der Waals surface area contributed by atoms with E-state index in [4.69, 9.17) is 8.83 Å². The fraction of sp³-hybridized carbons (Fsp3) is 0.184. The van der Waals surface area contributed by atoms with E-state index in [1.165, 1.54) is 21.9 Å². The van der Waals surface area contributed by atoms with Gasteiger partial charge in [0.05, 0.1) is 11.0 Å². The summed E-state index contributed by atoms with van der Waals surface area (Å²) in [5, 5.41) is 20.1. The lowest BCUT2D eigenvalue weighted by molar-refractivity contribution is 0.584. The number of fused-ring (bicyclic) bond motifs is 3. The van der Waals surface area contributed by atoms with Crippen molar-refractivity contribution in [1.29, 1.82) is 0 Å². The largest absolute Gasteiger partial charge is 0.416 e. The van der Waals surface area contributed by atoms with Crippen LogP contribution in [-0.4, -0.2) is 25.0 Å². The van der Waals surface area contributed by atoms with E-state index in [0.29, 0.717) is 23.6 Å². The molecular formula is C49H43N5O2. The Kier molecular flexibility index (Phi) is 8.35. The van der Waals surface area contributed by atoms with Gasteiger partial charge in [0.25, 0.3) is 0 Å². The standard InChI is InChI=1S/C49H43N5O2/c1-48(2,3)36-26-38(32-20-14-22-34(24-32)46-52-50-44(55-46)30-16-10-8-11-17-30)42-40(28-36)41-29-37(49(4,5)6)27-39(43(41)54(42)7)33-21-15-23-35(25-33)47-53-51-45(56-47)31-18-12-9-13-19-31/h8-29H,1-7H3. The zero-order valence-corrected chi connectivity index (χ0v) is 32.8. The molecule has 7 heteroatoms. The van der Waals surface area contributed by atoms with Crippen molar-refractivity contribution >= 4 is 21.8 Å². The summed E-state index contributed by atoms with van der Waals surface area (Å²) in [5.41, 5.74) is 12.6. The molecule has 0 spiro atoms. The van der Waals surface area contributed by atoms with Gasteiger partial charge in [0.2, 0.25) is 23.6 Å². The van der Waals surface area contributed by atoms with Crippen LogP contribution < -0.4 is 0 Å². The molecule has 9 aromatic rings. The van der Waals surface area contributed by atoms with Crippen LogP contribution in [0.25, 0.3) is 89.9 Å². The summed E-state index contributed by atoms with van der Waals surface area (Å²) in [6.45, 7) is 13.7. The molecule has 0 amide bonds. The summed E-state index contributed by atoms with van der Waals surface area (Å²) in [5.74, 6) is 1.97. The van der Waals surface area contributed by atoms with Gasteiger partial charge < -0.3 is 13.4 Å². The molecule has 0 aliphatic rings. The minimum absolute atomic E-state index is 0.0960. The van der Waals surface area contributed by atoms with Gasteiger partial charge >= 0.3 is 0 Å². The quantitative estimate of drug-likeness (QED) is 0.169. The molecule has 9 rings (SSSR count). The summed E-state index contributed by atoms with van der Waals surface area (Å²) in [7, 11) is 2.19. The van der Waals surface area contributed by atoms with Crippen LogP contribution in [0.2, 0.25) is 0 Å². The Hall–Kier alpha value is -6.60. The Bertz CT molecular complexity index is 2690. The maximum Gasteiger partial charge on any atom is 0.248 e. The highest BCUT2D eigenvalue weighted by atomic mass is 16.4. The van der Waals surface area contributed by atoms with Crippen molar-refractivity contribution in [2.75, 3.05) is 0 Å². The van der Waals surface area contributed by atoms with Crippen molar-refractivity contribution in [1.82, 2.24) is 25.0 Å². The molecule has 0 aliphatic carbocycles. The molecule has 276 valence electrons. The normalized spacial score (nSPS) is 12.2. The number of hydrogen-bond donors (Lipinski definition) is 0. The lowest BCUT2D eigenvalue weighted by Crippen LogP contribution is -2.11. The molecule has 0 saturated carbocycles. The molecular weight excluding hydrogens is 691 g/mol. The lowest BCUT2D eigenvalue weighted by atomic mass is 9.82. The van der Waals surface area contributed by atoms with Gasteiger partial charge in [-0.2, -0.15) is 0 Å². The molecule has 0 radical (unpaired) electrons. The molecule has 0 bridgehead atoms. The van der Waals surface area contributed by atoms with Crippen molar-refractivity contribution < 1.29 is 8.83 Å². The van der Waals surface area contributed by atoms with Gasteiger partial charge in [-0.3, -0.25) is 0 Å². The minimum atomic E-state index is -0.0960. The molecule has 0 saturated heterocycles. The van der Waals surface area contributed by atoms with Crippen molar-refractivity contribution in [3.8, 4) is 68.1 Å². The molecule has 0 atom stereocenters. The SMILES string of the molecule is Cn1c2c(-c3cccc(-c4nnc(-c5ccccc5)o4)c3)cc(C(C)(C)C)cc2c2cc(C(C)(C)C)cc(-c3cccc(-c4nnc(-c5ccccc5)o4)c3)c21. The van der Waals surface area contributed by atoms with Crippen LogP contribution in [0.1, 0.15) is 52.7 Å². The zero-order chi connectivity index (χ0) is 38.8. The summed E-state index contributed by atoms with van der Waals surface area (Å²) in [4.78, 5) is 0. The highest BCUT2D eigenvalue weighted by Gasteiger charge is 2.25. The first-order valence-corrected chi connectivity index (χ1v) is 19.0. The topological polar surface area (TPSA) is 82.8 Å². The van der Waals surface area contributed by atoms with E-state index >= 15 is 0 Å². The van der Waals surface area contributed by atoms with Gasteiger partial charge in [0, 0.05) is 51.2 Å². The Morgan fingerprint density at radius 3 is 1.11 bits per heavy atom. The Labute approximate surface area is 326 Å². The second kappa shape index (κ2) is 13.3. The Balaban J connectivity index is 1.24. The van der Waals surface area contributed by atoms with Crippen LogP contribution >= 0.6 is 0 Å². The van der Waals surface area contributed by atoms with Crippen LogP contribution in [-0.2, 0) is 17.9 Å². The van der Waals surface area contributed by atoms with Crippen molar-refractivity contribution in [2.24, 2.45) is 7.05 Å². The van der Waals surface area contributed by atoms with Crippen molar-refractivity contribution in [3.63, 3.8) is 0 Å². The van der Waals surface area contributed by atoms with E-state index in [1.54, 1.807) is 0 Å². The highest BCUT2D eigenvalue weighted by molar-refractivity contribution is 6.17. The molecule has 6 aromatic carbocycles. The lowest BCUT2D eigenvalue weighted by Gasteiger charge is -2.22. The van der Waals surface area contributed by atoms with E-state index in [9.17, 15) is 0 Å². The highest BCUT2D eigenvalue weighted by Crippen LogP contribution is 2.45. The molecule has 0 unspecified atom stereocenters. The van der Waals surface area contributed by atoms with E-state index in [1.807, 2.05) is 72.8 Å². The summed E-state index contributed by atoms with van der Waals surface area (Å²) in [6.07, 6.45) is 0. The van der Waals surface area contributed by atoms with Crippen LogP contribution in [0, 0.1) is 0 Å². The smallest absolute Gasteiger partial charge is 0.248 e. The van der Waals surface area contributed by atoms with E-state index in [2.05, 4.69) is 134 Å². The Morgan fingerprint density at radius 1 is 0.393 bits per heavy atom. The first kappa shape index (κ1) is 35.1. The van der Waals surface area contributed by atoms with E-state index in [0.717, 1.165) is 55.5 Å². The second-order valence-corrected chi connectivity index (χ2v) is 16.6. The molecule has 7 nitrogen and oxygen atoms in total. The van der Waals surface area contributed by atoms with Gasteiger partial charge in [-0.25, -0.2) is 0 Å². The van der Waals surface area contributed by atoms with Crippen LogP contribution in [0.15, 0.2) is 142 Å². The molecule has 56 heavy (non-hydrogen) atoms. The van der Waals surface area contributed by atoms with Gasteiger partial charge in [-0.15, -0.1) is 20.4 Å². The predicted octanol–water partition coefficient (Wildman–Crippen LogP) is 12.7. The average Bonchev–Trinajstić information content (AvgIpc) is 3.97. The first-order valence-electron chi connectivity index (χ1n) is 19.0. The fourth-order valence-corrected chi connectivity index (χ4v) is 7.53. The van der Waals surface area contributed by atoms with Gasteiger partial charge in [0.1, 0.15) is 0 Å². The maximum atomic E-state index is 6.22. The Morgan fingerprint density at radius 2 is 0.732 bits per heavy atom. The molecule has 3 aromatic heterocycles.